The Bertz CT molecular complexity index is 1380. The third-order valence-electron chi connectivity index (χ3n) is 7.19. The van der Waals surface area contributed by atoms with Crippen molar-refractivity contribution in [1.82, 2.24) is 20.3 Å². The fraction of sp³-hybridized carbons (Fsp3) is 0.357. The van der Waals surface area contributed by atoms with Gasteiger partial charge in [-0.3, -0.25) is 24.5 Å². The van der Waals surface area contributed by atoms with Crippen LogP contribution in [0.1, 0.15) is 55.6 Å². The fourth-order valence-corrected chi connectivity index (χ4v) is 4.90. The average molecular weight is 720 g/mol. The van der Waals surface area contributed by atoms with Crippen molar-refractivity contribution in [1.29, 1.82) is 5.26 Å². The summed E-state index contributed by atoms with van der Waals surface area (Å²) in [4.78, 5) is 35.1. The van der Waals surface area contributed by atoms with Crippen molar-refractivity contribution in [3.63, 3.8) is 0 Å². The first-order chi connectivity index (χ1) is 18.6. The Morgan fingerprint density at radius 2 is 1.18 bits per heavy atom. The van der Waals surface area contributed by atoms with E-state index in [1.54, 1.807) is 31.7 Å². The molecule has 3 aromatic heterocycles. The molecule has 3 heterocycles. The van der Waals surface area contributed by atoms with E-state index in [0.29, 0.717) is 18.5 Å². The number of carbonyl (C=O) groups excluding carboxylic acids is 1. The molecule has 0 aromatic carbocycles. The van der Waals surface area contributed by atoms with Gasteiger partial charge in [-0.1, -0.05) is 0 Å². The highest BCUT2D eigenvalue weighted by atomic mass is 79.9. The lowest BCUT2D eigenvalue weighted by molar-refractivity contribution is -0.140. The molecule has 0 saturated heterocycles. The van der Waals surface area contributed by atoms with Gasteiger partial charge in [-0.05, 0) is 123 Å². The molecule has 0 aliphatic heterocycles. The average Bonchev–Trinajstić information content (AvgIpc) is 3.82. The van der Waals surface area contributed by atoms with Crippen LogP contribution in [0.25, 0.3) is 0 Å². The van der Waals surface area contributed by atoms with E-state index in [9.17, 15) is 9.59 Å². The molecule has 0 atom stereocenters. The number of nitrogens with one attached hydrogen (secondary N) is 1. The molecule has 3 aliphatic rings. The Morgan fingerprint density at radius 3 is 1.46 bits per heavy atom. The molecule has 0 unspecified atom stereocenters. The second-order valence-corrected chi connectivity index (χ2v) is 12.6. The minimum Gasteiger partial charge on any atom is -0.481 e. The van der Waals surface area contributed by atoms with E-state index in [1.807, 2.05) is 30.3 Å². The van der Waals surface area contributed by atoms with Crippen molar-refractivity contribution >= 4 is 59.7 Å². The minimum absolute atomic E-state index is 0.0762. The predicted octanol–water partition coefficient (Wildman–Crippen LogP) is 5.98. The lowest BCUT2D eigenvalue weighted by Crippen LogP contribution is -2.32. The van der Waals surface area contributed by atoms with Crippen LogP contribution in [0.15, 0.2) is 68.4 Å². The lowest BCUT2D eigenvalue weighted by atomic mass is 10.0. The largest absolute Gasteiger partial charge is 0.481 e. The van der Waals surface area contributed by atoms with Crippen molar-refractivity contribution < 1.29 is 14.7 Å². The van der Waals surface area contributed by atoms with Gasteiger partial charge in [0.15, 0.2) is 0 Å². The molecule has 11 heteroatoms. The maximum Gasteiger partial charge on any atom is 0.315 e. The summed E-state index contributed by atoms with van der Waals surface area (Å²) in [6.07, 6.45) is 10.2. The normalized spacial score (nSPS) is 18.0. The van der Waals surface area contributed by atoms with Crippen LogP contribution in [0.2, 0.25) is 0 Å². The van der Waals surface area contributed by atoms with Gasteiger partial charge in [0, 0.05) is 39.1 Å². The molecule has 1 amide bonds. The Hall–Kier alpha value is -2.68. The molecule has 6 rings (SSSR count). The van der Waals surface area contributed by atoms with Crippen LogP contribution < -0.4 is 5.32 Å². The predicted molar refractivity (Wildman–Crippen MR) is 156 cm³/mol. The van der Waals surface area contributed by atoms with E-state index < -0.39 is 11.4 Å². The summed E-state index contributed by atoms with van der Waals surface area (Å²) in [5.41, 5.74) is 1.19. The van der Waals surface area contributed by atoms with Crippen LogP contribution in [0.3, 0.4) is 0 Å². The smallest absolute Gasteiger partial charge is 0.315 e. The van der Waals surface area contributed by atoms with E-state index in [2.05, 4.69) is 74.1 Å². The van der Waals surface area contributed by atoms with Crippen LogP contribution in [0.5, 0.6) is 0 Å². The number of hydrogen-bond acceptors (Lipinski definition) is 6. The first-order valence-electron chi connectivity index (χ1n) is 12.3. The minimum atomic E-state index is -0.762. The number of carboxylic acid groups (broad SMARTS) is 1. The SMILES string of the molecule is CNC(=O)C1(c2ccc(Br)cn2)CC1.N#CC1(c2ccc(Br)cn2)CC1.O=C(O)C1(c2ccc(Br)cn2)CC1. The molecule has 2 N–H and O–H groups in total. The number of hydrogen-bond donors (Lipinski definition) is 2. The van der Waals surface area contributed by atoms with Crippen molar-refractivity contribution in [2.24, 2.45) is 0 Å². The molecule has 3 fully saturated rings. The van der Waals surface area contributed by atoms with Gasteiger partial charge in [-0.2, -0.15) is 5.26 Å². The van der Waals surface area contributed by atoms with Crippen molar-refractivity contribution in [2.45, 2.75) is 54.8 Å². The molecule has 8 nitrogen and oxygen atoms in total. The number of aliphatic carboxylic acids is 1. The highest BCUT2D eigenvalue weighted by Crippen LogP contribution is 2.48. The monoisotopic (exact) mass is 717 g/mol. The number of halogens is 3. The number of pyridine rings is 3. The van der Waals surface area contributed by atoms with Crippen molar-refractivity contribution in [2.75, 3.05) is 7.05 Å². The molecule has 39 heavy (non-hydrogen) atoms. The molecule has 3 saturated carbocycles. The Morgan fingerprint density at radius 1 is 0.769 bits per heavy atom. The standard InChI is InChI=1S/C10H11BrN2O.C9H7BrN2.C9H8BrNO2/c1-12-9(14)10(4-5-10)8-3-2-7(11)6-13-8;10-7-1-2-8(12-5-7)9(6-11)3-4-9;10-6-1-2-7(11-5-6)9(3-4-9)8(12)13/h2-3,6H,4-5H2,1H3,(H,12,14);1-2,5H,3-4H2;1-2,5H,3-4H2,(H,12,13). The third kappa shape index (κ3) is 6.56. The molecule has 0 spiro atoms. The summed E-state index contributed by atoms with van der Waals surface area (Å²) in [5, 5.41) is 20.5. The van der Waals surface area contributed by atoms with Gasteiger partial charge in [-0.15, -0.1) is 0 Å². The van der Waals surface area contributed by atoms with Crippen LogP contribution in [-0.4, -0.2) is 39.0 Å². The molecule has 0 bridgehead atoms. The van der Waals surface area contributed by atoms with Gasteiger partial charge in [-0.25, -0.2) is 0 Å². The Balaban J connectivity index is 0.000000136. The van der Waals surface area contributed by atoms with Gasteiger partial charge in [0.1, 0.15) is 5.41 Å². The maximum atomic E-state index is 11.6. The fourth-order valence-electron chi connectivity index (χ4n) is 4.20. The summed E-state index contributed by atoms with van der Waals surface area (Å²) in [6, 6.07) is 13.6. The highest BCUT2D eigenvalue weighted by Gasteiger charge is 2.53. The zero-order valence-electron chi connectivity index (χ0n) is 21.1. The first kappa shape index (κ1) is 29.3. The highest BCUT2D eigenvalue weighted by molar-refractivity contribution is 9.11. The third-order valence-corrected chi connectivity index (χ3v) is 8.60. The Kier molecular flexibility index (Phi) is 8.88. The zero-order valence-corrected chi connectivity index (χ0v) is 25.9. The number of likely N-dealkylation sites (N-methyl/N-ethyl adjacent to an activating group) is 1. The van der Waals surface area contributed by atoms with Gasteiger partial charge in [0.05, 0.1) is 34.0 Å². The number of aromatic nitrogens is 3. The number of nitrogens with zero attached hydrogens (tertiary/aromatic N) is 4. The summed E-state index contributed by atoms with van der Waals surface area (Å²) in [5.74, 6) is -0.686. The zero-order chi connectivity index (χ0) is 28.3. The quantitative estimate of drug-likeness (QED) is 0.332. The van der Waals surface area contributed by atoms with Gasteiger partial charge in [0.25, 0.3) is 0 Å². The molecule has 3 aliphatic carbocycles. The second kappa shape index (κ2) is 11.8. The van der Waals surface area contributed by atoms with Gasteiger partial charge < -0.3 is 10.4 Å². The van der Waals surface area contributed by atoms with E-state index in [4.69, 9.17) is 10.4 Å². The summed E-state index contributed by atoms with van der Waals surface area (Å²) >= 11 is 9.89. The topological polar surface area (TPSA) is 129 Å². The van der Waals surface area contributed by atoms with Crippen LogP contribution >= 0.6 is 47.8 Å². The molecule has 0 radical (unpaired) electrons. The Labute approximate surface area is 252 Å². The molecule has 3 aromatic rings. The van der Waals surface area contributed by atoms with Crippen LogP contribution in [-0.2, 0) is 25.8 Å². The molecular weight excluding hydrogens is 694 g/mol. The van der Waals surface area contributed by atoms with Crippen LogP contribution in [0.4, 0.5) is 0 Å². The van der Waals surface area contributed by atoms with E-state index >= 15 is 0 Å². The van der Waals surface area contributed by atoms with Crippen LogP contribution in [0, 0.1) is 11.3 Å². The van der Waals surface area contributed by atoms with Crippen molar-refractivity contribution in [3.05, 3.63) is 85.5 Å². The summed E-state index contributed by atoms with van der Waals surface area (Å²) in [6.45, 7) is 0. The van der Waals surface area contributed by atoms with Gasteiger partial charge in [0.2, 0.25) is 5.91 Å². The summed E-state index contributed by atoms with van der Waals surface area (Å²) < 4.78 is 2.77. The van der Waals surface area contributed by atoms with E-state index in [0.717, 1.165) is 50.5 Å². The number of amides is 1. The number of rotatable bonds is 5. The maximum absolute atomic E-state index is 11.6. The number of carbonyl (C=O) groups is 2. The van der Waals surface area contributed by atoms with E-state index in [-0.39, 0.29) is 16.7 Å². The number of nitriles is 1. The number of carboxylic acids is 1. The molecular formula is C28H26Br3N5O3. The summed E-state index contributed by atoms with van der Waals surface area (Å²) in [7, 11) is 1.67. The van der Waals surface area contributed by atoms with Gasteiger partial charge >= 0.3 is 5.97 Å². The molecule has 202 valence electrons. The second-order valence-electron chi connectivity index (χ2n) is 9.83. The lowest BCUT2D eigenvalue weighted by Gasteiger charge is -2.12. The van der Waals surface area contributed by atoms with Crippen molar-refractivity contribution in [3.8, 4) is 6.07 Å². The first-order valence-corrected chi connectivity index (χ1v) is 14.7. The van der Waals surface area contributed by atoms with E-state index in [1.165, 1.54) is 0 Å².